The van der Waals surface area contributed by atoms with E-state index in [1.807, 2.05) is 18.2 Å². The highest BCUT2D eigenvalue weighted by Crippen LogP contribution is 2.18. The minimum atomic E-state index is -3.13. The Morgan fingerprint density at radius 2 is 2.03 bits per heavy atom. The van der Waals surface area contributed by atoms with E-state index in [2.05, 4.69) is 21.5 Å². The Labute approximate surface area is 179 Å². The minimum absolute atomic E-state index is 0.101. The largest absolute Gasteiger partial charge is 0.491 e. The van der Waals surface area contributed by atoms with E-state index in [-0.39, 0.29) is 19.0 Å². The number of hydrazine groups is 2. The fraction of sp³-hybridized carbons (Fsp3) is 0.650. The van der Waals surface area contributed by atoms with Gasteiger partial charge in [-0.2, -0.15) is 5.53 Å². The summed E-state index contributed by atoms with van der Waals surface area (Å²) in [5, 5.41) is 13.5. The van der Waals surface area contributed by atoms with Crippen LogP contribution in [0.25, 0.3) is 0 Å². The first-order chi connectivity index (χ1) is 14.3. The highest BCUT2D eigenvalue weighted by Gasteiger charge is 2.25. The second kappa shape index (κ2) is 10.5. The van der Waals surface area contributed by atoms with Gasteiger partial charge in [0, 0.05) is 19.8 Å². The summed E-state index contributed by atoms with van der Waals surface area (Å²) in [6, 6.07) is 8.02. The molecule has 9 nitrogen and oxygen atoms in total. The lowest BCUT2D eigenvalue weighted by molar-refractivity contribution is 0.114. The molecule has 0 amide bonds. The lowest BCUT2D eigenvalue weighted by Gasteiger charge is -2.26. The number of hydrogen-bond donors (Lipinski definition) is 2. The van der Waals surface area contributed by atoms with Crippen molar-refractivity contribution in [3.05, 3.63) is 29.8 Å². The van der Waals surface area contributed by atoms with Crippen LogP contribution in [-0.2, 0) is 16.4 Å². The molecule has 168 valence electrons. The summed E-state index contributed by atoms with van der Waals surface area (Å²) in [7, 11) is -1.37. The van der Waals surface area contributed by atoms with Crippen molar-refractivity contribution in [3.8, 4) is 5.75 Å². The zero-order valence-electron chi connectivity index (χ0n) is 17.8. The molecular weight excluding hydrogens is 406 g/mol. The topological polar surface area (TPSA) is 97.7 Å². The molecule has 0 aliphatic carbocycles. The molecule has 0 bridgehead atoms. The molecule has 1 atom stereocenters. The SMILES string of the molecule is CN1NN(CS(C)(=O)=O)CC1=NCC(O)COc1cccc(CN2CCCCC2)c1. The predicted molar refractivity (Wildman–Crippen MR) is 117 cm³/mol. The van der Waals surface area contributed by atoms with Crippen molar-refractivity contribution in [2.75, 3.05) is 52.0 Å². The van der Waals surface area contributed by atoms with Gasteiger partial charge in [0.15, 0.2) is 9.84 Å². The third kappa shape index (κ3) is 7.51. The Kier molecular flexibility index (Phi) is 8.06. The van der Waals surface area contributed by atoms with Gasteiger partial charge in [0.05, 0.1) is 13.1 Å². The maximum absolute atomic E-state index is 11.4. The fourth-order valence-electron chi connectivity index (χ4n) is 3.66. The fourth-order valence-corrected chi connectivity index (χ4v) is 4.38. The zero-order chi connectivity index (χ0) is 21.6. The minimum Gasteiger partial charge on any atom is -0.491 e. The van der Waals surface area contributed by atoms with Crippen LogP contribution in [0.15, 0.2) is 29.3 Å². The molecule has 1 aromatic rings. The second-order valence-electron chi connectivity index (χ2n) is 8.12. The third-order valence-corrected chi connectivity index (χ3v) is 5.86. The number of rotatable bonds is 9. The van der Waals surface area contributed by atoms with E-state index in [0.717, 1.165) is 25.4 Å². The molecule has 3 rings (SSSR count). The van der Waals surface area contributed by atoms with Gasteiger partial charge in [0.1, 0.15) is 30.2 Å². The zero-order valence-corrected chi connectivity index (χ0v) is 18.6. The number of aliphatic imine (C=N–C) groups is 1. The Balaban J connectivity index is 1.45. The van der Waals surface area contributed by atoms with Crippen LogP contribution < -0.4 is 10.3 Å². The number of piperidine rings is 1. The van der Waals surface area contributed by atoms with E-state index >= 15 is 0 Å². The molecule has 1 unspecified atom stereocenters. The molecule has 0 saturated carbocycles. The van der Waals surface area contributed by atoms with Gasteiger partial charge in [-0.15, -0.1) is 0 Å². The van der Waals surface area contributed by atoms with E-state index < -0.39 is 15.9 Å². The molecule has 30 heavy (non-hydrogen) atoms. The summed E-state index contributed by atoms with van der Waals surface area (Å²) >= 11 is 0. The molecule has 2 aliphatic heterocycles. The monoisotopic (exact) mass is 439 g/mol. The van der Waals surface area contributed by atoms with E-state index in [9.17, 15) is 13.5 Å². The van der Waals surface area contributed by atoms with Crippen LogP contribution in [0.4, 0.5) is 0 Å². The standard InChI is InChI=1S/C20H33N5O4S/c1-23-20(14-25(22-23)16-30(2,27)28)21-12-18(26)15-29-19-8-6-7-17(11-19)13-24-9-4-3-5-10-24/h6-8,11,18,22,26H,3-5,9-10,12-16H2,1-2H3. The van der Waals surface area contributed by atoms with E-state index in [1.54, 1.807) is 17.1 Å². The molecule has 2 heterocycles. The third-order valence-electron chi connectivity index (χ3n) is 5.08. The van der Waals surface area contributed by atoms with Crippen LogP contribution in [0, 0.1) is 0 Å². The number of benzene rings is 1. The van der Waals surface area contributed by atoms with Crippen molar-refractivity contribution in [1.82, 2.24) is 20.5 Å². The molecule has 10 heteroatoms. The molecule has 1 aromatic carbocycles. The molecule has 2 N–H and O–H groups in total. The number of aliphatic hydroxyl groups excluding tert-OH is 1. The van der Waals surface area contributed by atoms with Gasteiger partial charge in [0.25, 0.3) is 0 Å². The summed E-state index contributed by atoms with van der Waals surface area (Å²) in [5.41, 5.74) is 4.14. The van der Waals surface area contributed by atoms with Crippen molar-refractivity contribution in [2.24, 2.45) is 4.99 Å². The number of aliphatic hydroxyl groups is 1. The van der Waals surface area contributed by atoms with Crippen molar-refractivity contribution < 1.29 is 18.3 Å². The molecular formula is C20H33N5O4S. The van der Waals surface area contributed by atoms with Gasteiger partial charge in [-0.05, 0) is 43.6 Å². The number of nitrogens with one attached hydrogen (secondary N) is 1. The first kappa shape index (κ1) is 23.0. The highest BCUT2D eigenvalue weighted by molar-refractivity contribution is 7.90. The first-order valence-electron chi connectivity index (χ1n) is 10.4. The smallest absolute Gasteiger partial charge is 0.162 e. The number of amidine groups is 1. The van der Waals surface area contributed by atoms with Gasteiger partial charge in [-0.3, -0.25) is 14.9 Å². The quantitative estimate of drug-likeness (QED) is 0.574. The van der Waals surface area contributed by atoms with Crippen molar-refractivity contribution in [3.63, 3.8) is 0 Å². The Morgan fingerprint density at radius 3 is 2.77 bits per heavy atom. The van der Waals surface area contributed by atoms with E-state index in [0.29, 0.717) is 12.4 Å². The number of likely N-dealkylation sites (N-methyl/N-ethyl adjacent to an activating group) is 1. The average molecular weight is 440 g/mol. The van der Waals surface area contributed by atoms with Crippen molar-refractivity contribution in [2.45, 2.75) is 31.9 Å². The maximum atomic E-state index is 11.4. The number of nitrogens with zero attached hydrogens (tertiary/aromatic N) is 4. The van der Waals surface area contributed by atoms with Crippen LogP contribution in [0.2, 0.25) is 0 Å². The van der Waals surface area contributed by atoms with E-state index in [4.69, 9.17) is 4.74 Å². The van der Waals surface area contributed by atoms with Gasteiger partial charge in [-0.25, -0.2) is 13.4 Å². The number of likely N-dealkylation sites (tertiary alicyclic amines) is 1. The van der Waals surface area contributed by atoms with Gasteiger partial charge >= 0.3 is 0 Å². The highest BCUT2D eigenvalue weighted by atomic mass is 32.2. The summed E-state index contributed by atoms with van der Waals surface area (Å²) < 4.78 is 28.6. The van der Waals surface area contributed by atoms with Crippen LogP contribution in [-0.4, -0.2) is 92.3 Å². The molecule has 2 aliphatic rings. The number of sulfone groups is 1. The van der Waals surface area contributed by atoms with Crippen molar-refractivity contribution in [1.29, 1.82) is 0 Å². The molecule has 2 fully saturated rings. The number of hydrogen-bond acceptors (Lipinski definition) is 8. The van der Waals surface area contributed by atoms with Crippen molar-refractivity contribution >= 4 is 15.7 Å². The van der Waals surface area contributed by atoms with Gasteiger partial charge < -0.3 is 9.84 Å². The average Bonchev–Trinajstić information content (AvgIpc) is 3.03. The summed E-state index contributed by atoms with van der Waals surface area (Å²) in [5.74, 6) is 1.31. The lowest BCUT2D eigenvalue weighted by Crippen LogP contribution is -2.40. The normalized spacial score (nSPS) is 21.3. The van der Waals surface area contributed by atoms with Gasteiger partial charge in [0.2, 0.25) is 0 Å². The Bertz CT molecular complexity index is 826. The van der Waals surface area contributed by atoms with E-state index in [1.165, 1.54) is 31.1 Å². The maximum Gasteiger partial charge on any atom is 0.162 e. The molecule has 0 spiro atoms. The van der Waals surface area contributed by atoms with Crippen LogP contribution in [0.1, 0.15) is 24.8 Å². The predicted octanol–water partition coefficient (Wildman–Crippen LogP) is 0.480. The molecule has 2 saturated heterocycles. The van der Waals surface area contributed by atoms with Crippen LogP contribution >= 0.6 is 0 Å². The van der Waals surface area contributed by atoms with Gasteiger partial charge in [-0.1, -0.05) is 18.6 Å². The van der Waals surface area contributed by atoms with Crippen LogP contribution in [0.3, 0.4) is 0 Å². The summed E-state index contributed by atoms with van der Waals surface area (Å²) in [6.07, 6.45) is 4.29. The second-order valence-corrected chi connectivity index (χ2v) is 10.2. The summed E-state index contributed by atoms with van der Waals surface area (Å²) in [6.45, 7) is 3.91. The number of ether oxygens (including phenoxy) is 1. The molecule has 0 radical (unpaired) electrons. The first-order valence-corrected chi connectivity index (χ1v) is 12.4. The van der Waals surface area contributed by atoms with Crippen LogP contribution in [0.5, 0.6) is 5.75 Å². The lowest BCUT2D eigenvalue weighted by atomic mass is 10.1. The Morgan fingerprint density at radius 1 is 1.27 bits per heavy atom. The molecule has 0 aromatic heterocycles. The summed E-state index contributed by atoms with van der Waals surface area (Å²) in [4.78, 5) is 6.86. The Hall–Kier alpha value is -1.72.